The van der Waals surface area contributed by atoms with Gasteiger partial charge in [-0.05, 0) is 32.1 Å². The zero-order chi connectivity index (χ0) is 8.27. The van der Waals surface area contributed by atoms with Gasteiger partial charge in [-0.25, -0.2) is 0 Å². The van der Waals surface area contributed by atoms with Gasteiger partial charge in [0.15, 0.2) is 0 Å². The molecule has 0 saturated carbocycles. The van der Waals surface area contributed by atoms with E-state index >= 15 is 0 Å². The Morgan fingerprint density at radius 1 is 1.45 bits per heavy atom. The lowest BCUT2D eigenvalue weighted by Crippen LogP contribution is -2.12. The minimum atomic E-state index is 0.648. The average Bonchev–Trinajstić information content (AvgIpc) is 2.32. The lowest BCUT2D eigenvalue weighted by molar-refractivity contribution is 0.420. The fourth-order valence-electron chi connectivity index (χ4n) is 2.05. The molecule has 1 rings (SSSR count). The van der Waals surface area contributed by atoms with Crippen molar-refractivity contribution in [1.82, 2.24) is 0 Å². The van der Waals surface area contributed by atoms with Crippen LogP contribution < -0.4 is 0 Å². The SMILES string of the molecule is CCCC1CC(C)=NC1CC. The minimum absolute atomic E-state index is 0.648. The molecule has 0 aromatic heterocycles. The predicted octanol–water partition coefficient (Wildman–Crippen LogP) is 3.05. The first-order valence-electron chi connectivity index (χ1n) is 4.81. The van der Waals surface area contributed by atoms with Crippen molar-refractivity contribution >= 4 is 5.71 Å². The average molecular weight is 153 g/mol. The molecule has 0 aromatic carbocycles. The molecule has 2 atom stereocenters. The zero-order valence-corrected chi connectivity index (χ0v) is 7.93. The highest BCUT2D eigenvalue weighted by Crippen LogP contribution is 2.27. The quantitative estimate of drug-likeness (QED) is 0.591. The van der Waals surface area contributed by atoms with Crippen molar-refractivity contribution in [3.63, 3.8) is 0 Å². The maximum Gasteiger partial charge on any atom is 0.0528 e. The Balaban J connectivity index is 2.45. The summed E-state index contributed by atoms with van der Waals surface area (Å²) in [5.41, 5.74) is 1.37. The largest absolute Gasteiger partial charge is 0.291 e. The van der Waals surface area contributed by atoms with Crippen LogP contribution in [0.15, 0.2) is 4.99 Å². The van der Waals surface area contributed by atoms with E-state index in [4.69, 9.17) is 0 Å². The third-order valence-electron chi connectivity index (χ3n) is 2.57. The van der Waals surface area contributed by atoms with Gasteiger partial charge in [-0.3, -0.25) is 4.99 Å². The monoisotopic (exact) mass is 153 g/mol. The molecule has 1 nitrogen and oxygen atoms in total. The summed E-state index contributed by atoms with van der Waals surface area (Å²) in [5.74, 6) is 0.866. The molecule has 0 aliphatic carbocycles. The molecular weight excluding hydrogens is 134 g/mol. The maximum absolute atomic E-state index is 4.62. The van der Waals surface area contributed by atoms with E-state index in [0.717, 1.165) is 5.92 Å². The number of hydrogen-bond acceptors (Lipinski definition) is 1. The molecule has 0 N–H and O–H groups in total. The van der Waals surface area contributed by atoms with E-state index < -0.39 is 0 Å². The van der Waals surface area contributed by atoms with Crippen LogP contribution in [-0.4, -0.2) is 11.8 Å². The van der Waals surface area contributed by atoms with Crippen LogP contribution in [0.5, 0.6) is 0 Å². The van der Waals surface area contributed by atoms with Gasteiger partial charge in [0.2, 0.25) is 0 Å². The summed E-state index contributed by atoms with van der Waals surface area (Å²) < 4.78 is 0. The van der Waals surface area contributed by atoms with Gasteiger partial charge in [-0.15, -0.1) is 0 Å². The topological polar surface area (TPSA) is 12.4 Å². The van der Waals surface area contributed by atoms with E-state index in [1.54, 1.807) is 0 Å². The summed E-state index contributed by atoms with van der Waals surface area (Å²) in [6.07, 6.45) is 5.15. The minimum Gasteiger partial charge on any atom is -0.291 e. The highest BCUT2D eigenvalue weighted by molar-refractivity contribution is 5.84. The number of aliphatic imine (C=N–C) groups is 1. The molecule has 0 spiro atoms. The molecule has 0 aromatic rings. The Labute approximate surface area is 69.9 Å². The first kappa shape index (κ1) is 8.76. The third kappa shape index (κ3) is 2.05. The van der Waals surface area contributed by atoms with Gasteiger partial charge in [0.05, 0.1) is 6.04 Å². The summed E-state index contributed by atoms with van der Waals surface area (Å²) in [4.78, 5) is 4.62. The predicted molar refractivity (Wildman–Crippen MR) is 50.2 cm³/mol. The van der Waals surface area contributed by atoms with Gasteiger partial charge >= 0.3 is 0 Å². The van der Waals surface area contributed by atoms with Crippen molar-refractivity contribution in [1.29, 1.82) is 0 Å². The highest BCUT2D eigenvalue weighted by atomic mass is 14.8. The second-order valence-electron chi connectivity index (χ2n) is 3.59. The van der Waals surface area contributed by atoms with Crippen LogP contribution in [0, 0.1) is 5.92 Å². The van der Waals surface area contributed by atoms with E-state index in [1.807, 2.05) is 0 Å². The zero-order valence-electron chi connectivity index (χ0n) is 7.93. The molecule has 0 amide bonds. The summed E-state index contributed by atoms with van der Waals surface area (Å²) in [5, 5.41) is 0. The van der Waals surface area contributed by atoms with Gasteiger partial charge < -0.3 is 0 Å². The van der Waals surface area contributed by atoms with Gasteiger partial charge in [0, 0.05) is 5.71 Å². The van der Waals surface area contributed by atoms with E-state index in [9.17, 15) is 0 Å². The fourth-order valence-corrected chi connectivity index (χ4v) is 2.05. The van der Waals surface area contributed by atoms with Crippen LogP contribution in [0.3, 0.4) is 0 Å². The third-order valence-corrected chi connectivity index (χ3v) is 2.57. The van der Waals surface area contributed by atoms with Gasteiger partial charge in [0.1, 0.15) is 0 Å². The molecule has 0 fully saturated rings. The van der Waals surface area contributed by atoms with E-state index in [1.165, 1.54) is 31.4 Å². The molecule has 1 aliphatic rings. The van der Waals surface area contributed by atoms with E-state index in [2.05, 4.69) is 25.8 Å². The lowest BCUT2D eigenvalue weighted by atomic mass is 9.92. The summed E-state index contributed by atoms with van der Waals surface area (Å²) in [7, 11) is 0. The van der Waals surface area contributed by atoms with Crippen LogP contribution in [0.25, 0.3) is 0 Å². The molecule has 1 aliphatic heterocycles. The fraction of sp³-hybridized carbons (Fsp3) is 0.900. The normalized spacial score (nSPS) is 30.6. The van der Waals surface area contributed by atoms with Crippen molar-refractivity contribution in [3.05, 3.63) is 0 Å². The van der Waals surface area contributed by atoms with E-state index in [0.29, 0.717) is 6.04 Å². The molecule has 1 heteroatoms. The van der Waals surface area contributed by atoms with Crippen LogP contribution >= 0.6 is 0 Å². The molecule has 0 radical (unpaired) electrons. The Bertz CT molecular complexity index is 149. The summed E-state index contributed by atoms with van der Waals surface area (Å²) in [6, 6.07) is 0.648. The van der Waals surface area contributed by atoms with Crippen LogP contribution in [0.1, 0.15) is 46.5 Å². The number of nitrogens with zero attached hydrogens (tertiary/aromatic N) is 1. The maximum atomic E-state index is 4.62. The first-order valence-corrected chi connectivity index (χ1v) is 4.81. The molecule has 64 valence electrons. The smallest absolute Gasteiger partial charge is 0.0528 e. The lowest BCUT2D eigenvalue weighted by Gasteiger charge is -2.14. The van der Waals surface area contributed by atoms with E-state index in [-0.39, 0.29) is 0 Å². The number of rotatable bonds is 3. The van der Waals surface area contributed by atoms with Crippen LogP contribution in [0.4, 0.5) is 0 Å². The first-order chi connectivity index (χ1) is 5.27. The standard InChI is InChI=1S/C10H19N/c1-4-6-9-7-8(3)11-10(9)5-2/h9-10H,4-7H2,1-3H3. The van der Waals surface area contributed by atoms with Gasteiger partial charge in [0.25, 0.3) is 0 Å². The van der Waals surface area contributed by atoms with Crippen LogP contribution in [0.2, 0.25) is 0 Å². The Kier molecular flexibility index (Phi) is 3.10. The van der Waals surface area contributed by atoms with Crippen molar-refractivity contribution in [2.45, 2.75) is 52.5 Å². The van der Waals surface area contributed by atoms with Crippen molar-refractivity contribution in [2.24, 2.45) is 10.9 Å². The summed E-state index contributed by atoms with van der Waals surface area (Å²) in [6.45, 7) is 6.67. The molecular formula is C10H19N. The highest BCUT2D eigenvalue weighted by Gasteiger charge is 2.24. The second kappa shape index (κ2) is 3.89. The Morgan fingerprint density at radius 2 is 2.18 bits per heavy atom. The van der Waals surface area contributed by atoms with Gasteiger partial charge in [-0.2, -0.15) is 0 Å². The molecule has 0 bridgehead atoms. The van der Waals surface area contributed by atoms with Crippen molar-refractivity contribution in [3.8, 4) is 0 Å². The molecule has 11 heavy (non-hydrogen) atoms. The van der Waals surface area contributed by atoms with Crippen molar-refractivity contribution in [2.75, 3.05) is 0 Å². The summed E-state index contributed by atoms with van der Waals surface area (Å²) >= 11 is 0. The van der Waals surface area contributed by atoms with Crippen LogP contribution in [-0.2, 0) is 0 Å². The molecule has 0 saturated heterocycles. The van der Waals surface area contributed by atoms with Crippen molar-refractivity contribution < 1.29 is 0 Å². The number of hydrogen-bond donors (Lipinski definition) is 0. The Morgan fingerprint density at radius 3 is 2.73 bits per heavy atom. The molecule has 1 heterocycles. The second-order valence-corrected chi connectivity index (χ2v) is 3.59. The molecule has 2 unspecified atom stereocenters. The van der Waals surface area contributed by atoms with Gasteiger partial charge in [-0.1, -0.05) is 20.3 Å². The Hall–Kier alpha value is -0.330.